The van der Waals surface area contributed by atoms with E-state index in [2.05, 4.69) is 16.8 Å². The Morgan fingerprint density at radius 3 is 2.23 bits per heavy atom. The van der Waals surface area contributed by atoms with E-state index in [0.29, 0.717) is 12.0 Å². The van der Waals surface area contributed by atoms with Crippen LogP contribution in [0, 0.1) is 11.6 Å². The molecule has 3 rings (SSSR count). The van der Waals surface area contributed by atoms with Crippen LogP contribution in [0.4, 0.5) is 8.78 Å². The fraction of sp³-hybridized carbons (Fsp3) is 0.458. The second kappa shape index (κ2) is 11.2. The molecule has 1 aliphatic heterocycles. The molecule has 1 fully saturated rings. The molecule has 1 saturated heterocycles. The number of likely N-dealkylation sites (N-methyl/N-ethyl adjacent to an activating group) is 1. The van der Waals surface area contributed by atoms with Crippen molar-refractivity contribution in [2.75, 3.05) is 39.8 Å². The fourth-order valence-electron chi connectivity index (χ4n) is 3.67. The van der Waals surface area contributed by atoms with Gasteiger partial charge in [-0.3, -0.25) is 4.79 Å². The molecule has 2 aromatic carbocycles. The first-order valence-electron chi connectivity index (χ1n) is 10.6. The van der Waals surface area contributed by atoms with E-state index in [-0.39, 0.29) is 23.5 Å². The molecule has 0 bridgehead atoms. The van der Waals surface area contributed by atoms with Crippen molar-refractivity contribution in [3.05, 3.63) is 65.7 Å². The lowest BCUT2D eigenvalue weighted by Gasteiger charge is -2.33. The maximum absolute atomic E-state index is 13.0. The summed E-state index contributed by atoms with van der Waals surface area (Å²) in [7, 11) is 2.08. The van der Waals surface area contributed by atoms with Crippen LogP contribution in [-0.2, 0) is 0 Å². The number of carbonyl (C=O) groups is 1. The highest BCUT2D eigenvalue weighted by Gasteiger charge is 2.20. The molecule has 0 N–H and O–H groups in total. The Bertz CT molecular complexity index is 788. The fourth-order valence-corrected chi connectivity index (χ4v) is 3.67. The zero-order valence-electron chi connectivity index (χ0n) is 17.5. The van der Waals surface area contributed by atoms with Gasteiger partial charge in [0, 0.05) is 38.2 Å². The molecule has 0 saturated carbocycles. The Kier molecular flexibility index (Phi) is 8.34. The molecule has 0 unspecified atom stereocenters. The van der Waals surface area contributed by atoms with Gasteiger partial charge in [0.15, 0.2) is 5.78 Å². The number of hydrogen-bond donors (Lipinski definition) is 0. The Morgan fingerprint density at radius 2 is 1.60 bits per heavy atom. The molecule has 30 heavy (non-hydrogen) atoms. The lowest BCUT2D eigenvalue weighted by atomic mass is 10.1. The standard InChI is InChI=1S/C24H30F2N2O2/c1-27(14-2-3-24(29)19-4-6-20(25)7-5-19)17-18-28-15-12-23(13-16-28)30-22-10-8-21(26)9-11-22/h4-11,23H,2-3,12-18H2,1H3. The lowest BCUT2D eigenvalue weighted by Crippen LogP contribution is -2.41. The van der Waals surface area contributed by atoms with E-state index in [0.717, 1.165) is 57.7 Å². The van der Waals surface area contributed by atoms with Gasteiger partial charge in [-0.1, -0.05) is 0 Å². The van der Waals surface area contributed by atoms with Crippen LogP contribution in [0.1, 0.15) is 36.0 Å². The molecular formula is C24H30F2N2O2. The summed E-state index contributed by atoms with van der Waals surface area (Å²) in [5.74, 6) is 0.217. The average Bonchev–Trinajstić information content (AvgIpc) is 2.75. The number of carbonyl (C=O) groups excluding carboxylic acids is 1. The first-order chi connectivity index (χ1) is 14.5. The summed E-state index contributed by atoms with van der Waals surface area (Å²) in [6.07, 6.45) is 3.38. The van der Waals surface area contributed by atoms with Gasteiger partial charge in [0.25, 0.3) is 0 Å². The SMILES string of the molecule is CN(CCCC(=O)c1ccc(F)cc1)CCN1CCC(Oc2ccc(F)cc2)CC1. The summed E-state index contributed by atoms with van der Waals surface area (Å²) in [6.45, 7) is 4.78. The third-order valence-corrected chi connectivity index (χ3v) is 5.56. The van der Waals surface area contributed by atoms with E-state index in [1.54, 1.807) is 24.3 Å². The van der Waals surface area contributed by atoms with Crippen LogP contribution in [0.15, 0.2) is 48.5 Å². The lowest BCUT2D eigenvalue weighted by molar-refractivity contribution is 0.0938. The molecule has 0 spiro atoms. The van der Waals surface area contributed by atoms with Crippen molar-refractivity contribution >= 4 is 5.78 Å². The summed E-state index contributed by atoms with van der Waals surface area (Å²) in [4.78, 5) is 16.8. The highest BCUT2D eigenvalue weighted by molar-refractivity contribution is 5.95. The van der Waals surface area contributed by atoms with Crippen LogP contribution in [0.25, 0.3) is 0 Å². The first kappa shape index (κ1) is 22.4. The molecule has 0 radical (unpaired) electrons. The Labute approximate surface area is 177 Å². The van der Waals surface area contributed by atoms with Gasteiger partial charge in [0.1, 0.15) is 23.5 Å². The number of benzene rings is 2. The Balaban J connectivity index is 1.28. The van der Waals surface area contributed by atoms with Crippen LogP contribution in [0.2, 0.25) is 0 Å². The minimum atomic E-state index is -0.322. The van der Waals surface area contributed by atoms with Crippen LogP contribution in [0.3, 0.4) is 0 Å². The van der Waals surface area contributed by atoms with Crippen LogP contribution < -0.4 is 4.74 Å². The Hall–Kier alpha value is -2.31. The van der Waals surface area contributed by atoms with E-state index >= 15 is 0 Å². The normalized spacial score (nSPS) is 15.5. The molecule has 0 atom stereocenters. The minimum absolute atomic E-state index is 0.0617. The maximum Gasteiger partial charge on any atom is 0.162 e. The molecular weight excluding hydrogens is 386 g/mol. The molecule has 2 aromatic rings. The summed E-state index contributed by atoms with van der Waals surface area (Å²) in [5.41, 5.74) is 0.574. The summed E-state index contributed by atoms with van der Waals surface area (Å²) < 4.78 is 31.9. The highest BCUT2D eigenvalue weighted by Crippen LogP contribution is 2.19. The van der Waals surface area contributed by atoms with Gasteiger partial charge < -0.3 is 14.5 Å². The third kappa shape index (κ3) is 7.18. The van der Waals surface area contributed by atoms with Crippen molar-refractivity contribution in [3.8, 4) is 5.75 Å². The van der Waals surface area contributed by atoms with Crippen LogP contribution in [-0.4, -0.2) is 61.5 Å². The van der Waals surface area contributed by atoms with E-state index in [9.17, 15) is 13.6 Å². The van der Waals surface area contributed by atoms with Crippen molar-refractivity contribution < 1.29 is 18.3 Å². The molecule has 0 aliphatic carbocycles. The van der Waals surface area contributed by atoms with Gasteiger partial charge in [-0.2, -0.15) is 0 Å². The number of halogens is 2. The molecule has 1 aliphatic rings. The zero-order valence-corrected chi connectivity index (χ0v) is 17.5. The van der Waals surface area contributed by atoms with Gasteiger partial charge in [-0.05, 0) is 81.4 Å². The van der Waals surface area contributed by atoms with Gasteiger partial charge in [-0.25, -0.2) is 8.78 Å². The molecule has 0 aromatic heterocycles. The number of piperidine rings is 1. The Morgan fingerprint density at radius 1 is 1.00 bits per heavy atom. The number of rotatable bonds is 10. The smallest absolute Gasteiger partial charge is 0.162 e. The van der Waals surface area contributed by atoms with E-state index in [1.807, 2.05) is 0 Å². The number of ether oxygens (including phenoxy) is 1. The second-order valence-corrected chi connectivity index (χ2v) is 7.95. The molecule has 4 nitrogen and oxygen atoms in total. The molecule has 6 heteroatoms. The van der Waals surface area contributed by atoms with E-state index < -0.39 is 0 Å². The summed E-state index contributed by atoms with van der Waals surface area (Å²) >= 11 is 0. The molecule has 162 valence electrons. The number of nitrogens with zero attached hydrogens (tertiary/aromatic N) is 2. The van der Waals surface area contributed by atoms with Crippen molar-refractivity contribution in [1.29, 1.82) is 0 Å². The van der Waals surface area contributed by atoms with Crippen molar-refractivity contribution in [3.63, 3.8) is 0 Å². The number of likely N-dealkylation sites (tertiary alicyclic amines) is 1. The van der Waals surface area contributed by atoms with Crippen LogP contribution in [0.5, 0.6) is 5.75 Å². The van der Waals surface area contributed by atoms with Crippen molar-refractivity contribution in [2.24, 2.45) is 0 Å². The zero-order chi connectivity index (χ0) is 21.3. The number of hydrogen-bond acceptors (Lipinski definition) is 4. The van der Waals surface area contributed by atoms with Crippen LogP contribution >= 0.6 is 0 Å². The highest BCUT2D eigenvalue weighted by atomic mass is 19.1. The topological polar surface area (TPSA) is 32.8 Å². The monoisotopic (exact) mass is 416 g/mol. The predicted octanol–water partition coefficient (Wildman–Crippen LogP) is 4.40. The van der Waals surface area contributed by atoms with Crippen molar-refractivity contribution in [2.45, 2.75) is 31.8 Å². The van der Waals surface area contributed by atoms with Gasteiger partial charge in [-0.15, -0.1) is 0 Å². The quantitative estimate of drug-likeness (QED) is 0.538. The average molecular weight is 417 g/mol. The number of Topliss-reactive ketones (excluding diaryl/α,β-unsaturated/α-hetero) is 1. The van der Waals surface area contributed by atoms with E-state index in [1.165, 1.54) is 24.3 Å². The van der Waals surface area contributed by atoms with Gasteiger partial charge in [0.2, 0.25) is 0 Å². The first-order valence-corrected chi connectivity index (χ1v) is 10.6. The largest absolute Gasteiger partial charge is 0.490 e. The van der Waals surface area contributed by atoms with Crippen molar-refractivity contribution in [1.82, 2.24) is 9.80 Å². The maximum atomic E-state index is 13.0. The molecule has 1 heterocycles. The summed E-state index contributed by atoms with van der Waals surface area (Å²) in [6, 6.07) is 12.0. The second-order valence-electron chi connectivity index (χ2n) is 7.95. The third-order valence-electron chi connectivity index (χ3n) is 5.56. The summed E-state index contributed by atoms with van der Waals surface area (Å²) in [5, 5.41) is 0. The molecule has 0 amide bonds. The van der Waals surface area contributed by atoms with Gasteiger partial charge in [0.05, 0.1) is 0 Å². The van der Waals surface area contributed by atoms with E-state index in [4.69, 9.17) is 4.74 Å². The predicted molar refractivity (Wildman–Crippen MR) is 114 cm³/mol. The van der Waals surface area contributed by atoms with Gasteiger partial charge >= 0.3 is 0 Å². The number of ketones is 1. The minimum Gasteiger partial charge on any atom is -0.490 e.